The van der Waals surface area contributed by atoms with Crippen molar-refractivity contribution in [3.8, 4) is 0 Å². The maximum atomic E-state index is 14.7. The number of nitrogens with zero attached hydrogens (tertiary/aromatic N) is 1. The molecular weight excluding hydrogens is 343 g/mol. The number of benzene rings is 1. The molecule has 6 heteroatoms. The molecule has 0 radical (unpaired) electrons. The number of nitrogens with one attached hydrogen (secondary N) is 1. The van der Waals surface area contributed by atoms with Crippen LogP contribution < -0.4 is 10.2 Å². The van der Waals surface area contributed by atoms with Gasteiger partial charge in [0.15, 0.2) is 0 Å². The second-order valence-electron chi connectivity index (χ2n) is 7.46. The maximum absolute atomic E-state index is 14.7. The van der Waals surface area contributed by atoms with Crippen LogP contribution in [0.3, 0.4) is 0 Å². The molecular formula is C19H26ClFN2O2. The fraction of sp³-hybridized carbons (Fsp3) is 0.632. The lowest BCUT2D eigenvalue weighted by Crippen LogP contribution is -2.56. The number of ether oxygens (including phenoxy) is 1. The van der Waals surface area contributed by atoms with Crippen molar-refractivity contribution >= 4 is 24.0 Å². The topological polar surface area (TPSA) is 41.6 Å². The van der Waals surface area contributed by atoms with E-state index in [0.29, 0.717) is 19.4 Å². The molecule has 1 N–H and O–H groups in total. The van der Waals surface area contributed by atoms with Gasteiger partial charge in [0.25, 0.3) is 5.91 Å². The molecule has 4 nitrogen and oxygen atoms in total. The Morgan fingerprint density at radius 2 is 1.88 bits per heavy atom. The van der Waals surface area contributed by atoms with E-state index in [9.17, 15) is 9.18 Å². The van der Waals surface area contributed by atoms with E-state index in [1.54, 1.807) is 13.2 Å². The number of fused-ring (bicyclic) bond motifs is 2. The largest absolute Gasteiger partial charge is 0.368 e. The summed E-state index contributed by atoms with van der Waals surface area (Å²) in [6.45, 7) is 2.14. The highest BCUT2D eigenvalue weighted by atomic mass is 35.5. The van der Waals surface area contributed by atoms with E-state index in [0.717, 1.165) is 50.0 Å². The molecule has 2 heterocycles. The predicted molar refractivity (Wildman–Crippen MR) is 98.0 cm³/mol. The van der Waals surface area contributed by atoms with Gasteiger partial charge in [0, 0.05) is 24.6 Å². The van der Waals surface area contributed by atoms with E-state index >= 15 is 0 Å². The monoisotopic (exact) mass is 368 g/mol. The molecule has 1 spiro atoms. The summed E-state index contributed by atoms with van der Waals surface area (Å²) in [7, 11) is 1.62. The Kier molecular flexibility index (Phi) is 5.11. The van der Waals surface area contributed by atoms with Gasteiger partial charge < -0.3 is 15.0 Å². The lowest BCUT2D eigenvalue weighted by Gasteiger charge is -2.38. The molecule has 25 heavy (non-hydrogen) atoms. The summed E-state index contributed by atoms with van der Waals surface area (Å²) in [5.41, 5.74) is 0.546. The van der Waals surface area contributed by atoms with Crippen LogP contribution in [0, 0.1) is 5.82 Å². The van der Waals surface area contributed by atoms with E-state index in [1.807, 2.05) is 11.0 Å². The normalized spacial score (nSPS) is 23.4. The Hall–Kier alpha value is -1.17. The summed E-state index contributed by atoms with van der Waals surface area (Å²) in [5.74, 6) is -0.163. The van der Waals surface area contributed by atoms with E-state index in [4.69, 9.17) is 4.74 Å². The fourth-order valence-electron chi connectivity index (χ4n) is 4.95. The molecule has 1 aliphatic carbocycles. The first-order chi connectivity index (χ1) is 11.6. The van der Waals surface area contributed by atoms with Crippen molar-refractivity contribution in [1.29, 1.82) is 0 Å². The minimum absolute atomic E-state index is 0. The van der Waals surface area contributed by atoms with Crippen molar-refractivity contribution < 1.29 is 13.9 Å². The Morgan fingerprint density at radius 3 is 2.52 bits per heavy atom. The van der Waals surface area contributed by atoms with Crippen molar-refractivity contribution in [1.82, 2.24) is 5.32 Å². The lowest BCUT2D eigenvalue weighted by molar-refractivity contribution is -0.143. The van der Waals surface area contributed by atoms with Crippen molar-refractivity contribution in [2.24, 2.45) is 0 Å². The van der Waals surface area contributed by atoms with Gasteiger partial charge >= 0.3 is 0 Å². The first kappa shape index (κ1) is 18.6. The molecule has 0 atom stereocenters. The SMILES string of the molecule is COC1(C(=O)N2CC3(CCCC3)c3c(F)cccc32)CCNCC1.Cl. The van der Waals surface area contributed by atoms with Gasteiger partial charge in [-0.05, 0) is 50.9 Å². The van der Waals surface area contributed by atoms with E-state index in [-0.39, 0.29) is 29.5 Å². The third kappa shape index (κ3) is 2.77. The molecule has 0 bridgehead atoms. The number of amides is 1. The van der Waals surface area contributed by atoms with E-state index in [1.165, 1.54) is 6.07 Å². The molecule has 1 saturated heterocycles. The van der Waals surface area contributed by atoms with Crippen LogP contribution in [0.25, 0.3) is 0 Å². The molecule has 4 rings (SSSR count). The molecule has 1 saturated carbocycles. The van der Waals surface area contributed by atoms with Gasteiger partial charge in [-0.15, -0.1) is 12.4 Å². The molecule has 0 aromatic heterocycles. The zero-order valence-electron chi connectivity index (χ0n) is 14.6. The number of methoxy groups -OCH3 is 1. The van der Waals surface area contributed by atoms with Crippen LogP contribution in [0.1, 0.15) is 44.1 Å². The number of halogens is 2. The Bertz CT molecular complexity index is 655. The molecule has 138 valence electrons. The van der Waals surface area contributed by atoms with Crippen molar-refractivity contribution in [3.05, 3.63) is 29.6 Å². The number of piperidine rings is 1. The fourth-order valence-corrected chi connectivity index (χ4v) is 4.95. The number of carbonyl (C=O) groups excluding carboxylic acids is 1. The average Bonchev–Trinajstić information content (AvgIpc) is 3.21. The number of carbonyl (C=O) groups is 1. The summed E-state index contributed by atoms with van der Waals surface area (Å²) in [6.07, 6.45) is 5.47. The Labute approximate surface area is 154 Å². The van der Waals surface area contributed by atoms with Crippen LogP contribution in [0.4, 0.5) is 10.1 Å². The average molecular weight is 369 g/mol. The second-order valence-corrected chi connectivity index (χ2v) is 7.46. The molecule has 1 aromatic carbocycles. The molecule has 2 fully saturated rings. The van der Waals surface area contributed by atoms with Crippen molar-refractivity contribution in [2.45, 2.75) is 49.5 Å². The van der Waals surface area contributed by atoms with Gasteiger partial charge in [-0.25, -0.2) is 4.39 Å². The van der Waals surface area contributed by atoms with Crippen LogP contribution in [-0.2, 0) is 14.9 Å². The standard InChI is InChI=1S/C19H25FN2O2.ClH/c1-24-19(9-11-21-12-10-19)17(23)22-13-18(7-2-3-8-18)16-14(20)5-4-6-15(16)22;/h4-6,21H,2-3,7-13H2,1H3;1H. The van der Waals surface area contributed by atoms with Crippen molar-refractivity contribution in [3.63, 3.8) is 0 Å². The van der Waals surface area contributed by atoms with Gasteiger partial charge in [0.2, 0.25) is 0 Å². The van der Waals surface area contributed by atoms with Crippen LogP contribution in [0.15, 0.2) is 18.2 Å². The molecule has 3 aliphatic rings. The number of hydrogen-bond donors (Lipinski definition) is 1. The van der Waals surface area contributed by atoms with Crippen molar-refractivity contribution in [2.75, 3.05) is 31.6 Å². The minimum Gasteiger partial charge on any atom is -0.368 e. The van der Waals surface area contributed by atoms with Gasteiger partial charge in [-0.3, -0.25) is 4.79 Å². The first-order valence-electron chi connectivity index (χ1n) is 8.99. The molecule has 0 unspecified atom stereocenters. The predicted octanol–water partition coefficient (Wildman–Crippen LogP) is 3.17. The van der Waals surface area contributed by atoms with Gasteiger partial charge in [-0.2, -0.15) is 0 Å². The van der Waals surface area contributed by atoms with Gasteiger partial charge in [0.05, 0.1) is 5.69 Å². The summed E-state index contributed by atoms with van der Waals surface area (Å²) in [4.78, 5) is 15.2. The molecule has 2 aliphatic heterocycles. The second kappa shape index (κ2) is 6.86. The summed E-state index contributed by atoms with van der Waals surface area (Å²) >= 11 is 0. The third-order valence-electron chi connectivity index (χ3n) is 6.27. The van der Waals surface area contributed by atoms with Crippen LogP contribution in [0.2, 0.25) is 0 Å². The van der Waals surface area contributed by atoms with Crippen LogP contribution >= 0.6 is 12.4 Å². The third-order valence-corrected chi connectivity index (χ3v) is 6.27. The lowest BCUT2D eigenvalue weighted by atomic mass is 9.80. The quantitative estimate of drug-likeness (QED) is 0.871. The highest BCUT2D eigenvalue weighted by Gasteiger charge is 2.52. The van der Waals surface area contributed by atoms with Crippen LogP contribution in [0.5, 0.6) is 0 Å². The summed E-state index contributed by atoms with van der Waals surface area (Å²) < 4.78 is 20.4. The highest BCUT2D eigenvalue weighted by molar-refractivity contribution is 6.02. The smallest absolute Gasteiger partial charge is 0.259 e. The summed E-state index contributed by atoms with van der Waals surface area (Å²) in [5, 5.41) is 3.29. The Morgan fingerprint density at radius 1 is 1.20 bits per heavy atom. The van der Waals surface area contributed by atoms with E-state index in [2.05, 4.69) is 5.32 Å². The summed E-state index contributed by atoms with van der Waals surface area (Å²) in [6, 6.07) is 5.14. The van der Waals surface area contributed by atoms with Crippen LogP contribution in [-0.4, -0.2) is 38.3 Å². The Balaban J connectivity index is 0.00000182. The van der Waals surface area contributed by atoms with Gasteiger partial charge in [0.1, 0.15) is 11.4 Å². The molecule has 1 amide bonds. The maximum Gasteiger partial charge on any atom is 0.259 e. The zero-order chi connectivity index (χ0) is 16.8. The first-order valence-corrected chi connectivity index (χ1v) is 8.99. The number of anilines is 1. The zero-order valence-corrected chi connectivity index (χ0v) is 15.5. The minimum atomic E-state index is -0.779. The van der Waals surface area contributed by atoms with E-state index < -0.39 is 5.60 Å². The number of rotatable bonds is 2. The van der Waals surface area contributed by atoms with Gasteiger partial charge in [-0.1, -0.05) is 18.9 Å². The molecule has 1 aromatic rings. The highest BCUT2D eigenvalue weighted by Crippen LogP contribution is 2.52. The number of hydrogen-bond acceptors (Lipinski definition) is 3.